The molecule has 0 unspecified atom stereocenters. The summed E-state index contributed by atoms with van der Waals surface area (Å²) in [5, 5.41) is 7.26. The molecule has 5 nitrogen and oxygen atoms in total. The highest BCUT2D eigenvalue weighted by Crippen LogP contribution is 2.39. The fraction of sp³-hybridized carbons (Fsp3) is 0.167. The summed E-state index contributed by atoms with van der Waals surface area (Å²) >= 11 is 7.13. The lowest BCUT2D eigenvalue weighted by Gasteiger charge is -2.22. The van der Waals surface area contributed by atoms with Crippen molar-refractivity contribution in [3.05, 3.63) is 62.7 Å². The Bertz CT molecular complexity index is 1030. The minimum Gasteiger partial charge on any atom is -0.310 e. The van der Waals surface area contributed by atoms with Crippen molar-refractivity contribution in [3.63, 3.8) is 0 Å². The van der Waals surface area contributed by atoms with Gasteiger partial charge < -0.3 is 5.32 Å². The zero-order valence-corrected chi connectivity index (χ0v) is 15.2. The van der Waals surface area contributed by atoms with E-state index in [2.05, 4.69) is 10.4 Å². The molecule has 2 aromatic heterocycles. The van der Waals surface area contributed by atoms with E-state index < -0.39 is 5.92 Å². The lowest BCUT2D eigenvalue weighted by atomic mass is 9.87. The van der Waals surface area contributed by atoms with Crippen LogP contribution in [0.1, 0.15) is 33.3 Å². The van der Waals surface area contributed by atoms with Gasteiger partial charge in [0.15, 0.2) is 5.78 Å². The second-order valence-corrected chi connectivity index (χ2v) is 7.72. The Balaban J connectivity index is 1.82. The molecule has 3 heterocycles. The fourth-order valence-corrected chi connectivity index (χ4v) is 4.20. The second kappa shape index (κ2) is 6.34. The molecule has 1 aromatic carbocycles. The van der Waals surface area contributed by atoms with Gasteiger partial charge in [-0.1, -0.05) is 11.6 Å². The van der Waals surface area contributed by atoms with Gasteiger partial charge in [-0.15, -0.1) is 11.3 Å². The normalized spacial score (nSPS) is 16.3. The van der Waals surface area contributed by atoms with E-state index in [9.17, 15) is 14.0 Å². The number of hydrogen-bond acceptors (Lipinski definition) is 4. The van der Waals surface area contributed by atoms with Gasteiger partial charge in [-0.25, -0.2) is 9.07 Å². The highest BCUT2D eigenvalue weighted by molar-refractivity contribution is 7.18. The van der Waals surface area contributed by atoms with Gasteiger partial charge in [0.2, 0.25) is 5.91 Å². The van der Waals surface area contributed by atoms with Crippen LogP contribution in [0.2, 0.25) is 4.34 Å². The molecule has 0 spiro atoms. The van der Waals surface area contributed by atoms with Crippen molar-refractivity contribution in [3.8, 4) is 5.69 Å². The van der Waals surface area contributed by atoms with E-state index in [0.29, 0.717) is 32.0 Å². The average Bonchev–Trinajstić information content (AvgIpc) is 3.18. The van der Waals surface area contributed by atoms with E-state index in [1.165, 1.54) is 28.2 Å². The molecule has 0 saturated carbocycles. The van der Waals surface area contributed by atoms with Crippen LogP contribution in [0.15, 0.2) is 36.4 Å². The number of Topliss-reactive ketones (excluding diaryl/α,β-unsaturated/α-hetero) is 1. The van der Waals surface area contributed by atoms with Crippen molar-refractivity contribution >= 4 is 40.4 Å². The molecule has 26 heavy (non-hydrogen) atoms. The molecule has 0 aliphatic carbocycles. The Hall–Kier alpha value is -2.51. The third kappa shape index (κ3) is 2.83. The van der Waals surface area contributed by atoms with E-state index in [-0.39, 0.29) is 23.9 Å². The lowest BCUT2D eigenvalue weighted by molar-refractivity contribution is -0.116. The minimum atomic E-state index is -0.623. The molecule has 132 valence electrons. The Kier molecular flexibility index (Phi) is 4.13. The Labute approximate surface area is 157 Å². The number of aryl methyl sites for hydroxylation is 1. The first-order chi connectivity index (χ1) is 12.4. The third-order valence-corrected chi connectivity index (χ3v) is 5.55. The molecule has 3 aromatic rings. The fourth-order valence-electron chi connectivity index (χ4n) is 3.16. The van der Waals surface area contributed by atoms with Crippen molar-refractivity contribution in [2.45, 2.75) is 19.3 Å². The van der Waals surface area contributed by atoms with Gasteiger partial charge in [0.05, 0.1) is 26.5 Å². The van der Waals surface area contributed by atoms with Crippen molar-refractivity contribution in [2.75, 3.05) is 5.32 Å². The van der Waals surface area contributed by atoms with Crippen LogP contribution in [0.25, 0.3) is 5.69 Å². The molecule has 1 N–H and O–H groups in total. The molecule has 4 rings (SSSR count). The molecule has 1 amide bonds. The Morgan fingerprint density at radius 3 is 2.69 bits per heavy atom. The number of nitrogens with zero attached hydrogens (tertiary/aromatic N) is 2. The van der Waals surface area contributed by atoms with Gasteiger partial charge in [-0.2, -0.15) is 5.10 Å². The molecule has 1 aliphatic rings. The number of rotatable bonds is 3. The number of hydrogen-bond donors (Lipinski definition) is 1. The smallest absolute Gasteiger partial charge is 0.226 e. The second-order valence-electron chi connectivity index (χ2n) is 6.01. The standard InChI is InChI=1S/C18H13ClFN3O2S/c1-9-16-12(17(25)13-6-7-14(19)26-13)8-15(24)21-18(16)23(22-9)11-4-2-10(20)3-5-11/h2-7,12H,8H2,1H3,(H,21,24)/t12-/m0/s1. The maximum Gasteiger partial charge on any atom is 0.226 e. The van der Waals surface area contributed by atoms with Crippen LogP contribution >= 0.6 is 22.9 Å². The van der Waals surface area contributed by atoms with E-state index in [1.54, 1.807) is 31.2 Å². The number of anilines is 1. The Morgan fingerprint density at radius 1 is 1.31 bits per heavy atom. The van der Waals surface area contributed by atoms with Crippen molar-refractivity contribution in [1.29, 1.82) is 0 Å². The van der Waals surface area contributed by atoms with E-state index in [4.69, 9.17) is 11.6 Å². The molecule has 8 heteroatoms. The van der Waals surface area contributed by atoms with Gasteiger partial charge in [0, 0.05) is 12.0 Å². The van der Waals surface area contributed by atoms with E-state index in [1.807, 2.05) is 0 Å². The number of halogens is 2. The average molecular weight is 390 g/mol. The first kappa shape index (κ1) is 16.9. The van der Waals surface area contributed by atoms with Crippen molar-refractivity contribution < 1.29 is 14.0 Å². The van der Waals surface area contributed by atoms with Gasteiger partial charge in [-0.05, 0) is 43.3 Å². The van der Waals surface area contributed by atoms with Crippen molar-refractivity contribution in [2.24, 2.45) is 0 Å². The Morgan fingerprint density at radius 2 is 2.04 bits per heavy atom. The van der Waals surface area contributed by atoms with Crippen LogP contribution in [-0.4, -0.2) is 21.5 Å². The monoisotopic (exact) mass is 389 g/mol. The molecule has 0 bridgehead atoms. The molecular weight excluding hydrogens is 377 g/mol. The van der Waals surface area contributed by atoms with Crippen LogP contribution in [0.4, 0.5) is 10.2 Å². The summed E-state index contributed by atoms with van der Waals surface area (Å²) in [5.74, 6) is -0.950. The number of carbonyl (C=O) groups is 2. The summed E-state index contributed by atoms with van der Waals surface area (Å²) in [6, 6.07) is 9.11. The highest BCUT2D eigenvalue weighted by Gasteiger charge is 2.36. The first-order valence-corrected chi connectivity index (χ1v) is 9.08. The zero-order chi connectivity index (χ0) is 18.4. The number of thiophene rings is 1. The number of amides is 1. The number of carbonyl (C=O) groups excluding carboxylic acids is 2. The first-order valence-electron chi connectivity index (χ1n) is 7.89. The molecule has 1 aliphatic heterocycles. The van der Waals surface area contributed by atoms with Crippen LogP contribution in [0.5, 0.6) is 0 Å². The van der Waals surface area contributed by atoms with Crippen molar-refractivity contribution in [1.82, 2.24) is 9.78 Å². The molecule has 1 atom stereocenters. The maximum atomic E-state index is 13.2. The van der Waals surface area contributed by atoms with Gasteiger partial charge in [-0.3, -0.25) is 9.59 Å². The van der Waals surface area contributed by atoms with Crippen LogP contribution < -0.4 is 5.32 Å². The number of fused-ring (bicyclic) bond motifs is 1. The number of benzene rings is 1. The van der Waals surface area contributed by atoms with Gasteiger partial charge in [0.1, 0.15) is 11.6 Å². The lowest BCUT2D eigenvalue weighted by Crippen LogP contribution is -2.28. The largest absolute Gasteiger partial charge is 0.310 e. The van der Waals surface area contributed by atoms with Crippen LogP contribution in [0, 0.1) is 12.7 Å². The third-order valence-electron chi connectivity index (χ3n) is 4.31. The summed E-state index contributed by atoms with van der Waals surface area (Å²) in [7, 11) is 0. The van der Waals surface area contributed by atoms with Crippen LogP contribution in [0.3, 0.4) is 0 Å². The van der Waals surface area contributed by atoms with E-state index >= 15 is 0 Å². The SMILES string of the molecule is Cc1nn(-c2ccc(F)cc2)c2c1[C@@H](C(=O)c1ccc(Cl)s1)CC(=O)N2. The molecular formula is C18H13ClFN3O2S. The van der Waals surface area contributed by atoms with Gasteiger partial charge >= 0.3 is 0 Å². The quantitative estimate of drug-likeness (QED) is 0.677. The number of nitrogens with one attached hydrogen (secondary N) is 1. The summed E-state index contributed by atoms with van der Waals surface area (Å²) in [6.07, 6.45) is 0.0529. The summed E-state index contributed by atoms with van der Waals surface area (Å²) in [5.41, 5.74) is 1.93. The van der Waals surface area contributed by atoms with E-state index in [0.717, 1.165) is 0 Å². The van der Waals surface area contributed by atoms with Gasteiger partial charge in [0.25, 0.3) is 0 Å². The number of ketones is 1. The number of aromatic nitrogens is 2. The highest BCUT2D eigenvalue weighted by atomic mass is 35.5. The zero-order valence-electron chi connectivity index (χ0n) is 13.6. The summed E-state index contributed by atoms with van der Waals surface area (Å²) in [6.45, 7) is 1.79. The maximum absolute atomic E-state index is 13.2. The van der Waals surface area contributed by atoms with Crippen LogP contribution in [-0.2, 0) is 4.79 Å². The molecule has 0 radical (unpaired) electrons. The summed E-state index contributed by atoms with van der Waals surface area (Å²) in [4.78, 5) is 25.7. The predicted octanol–water partition coefficient (Wildman–Crippen LogP) is 4.34. The molecule has 0 saturated heterocycles. The minimum absolute atomic E-state index is 0.0529. The molecule has 0 fully saturated rings. The topological polar surface area (TPSA) is 64.0 Å². The summed E-state index contributed by atoms with van der Waals surface area (Å²) < 4.78 is 15.3. The predicted molar refractivity (Wildman–Crippen MR) is 97.9 cm³/mol.